The van der Waals surface area contributed by atoms with Gasteiger partial charge in [0.05, 0.1) is 4.90 Å². The molecule has 0 radical (unpaired) electrons. The van der Waals surface area contributed by atoms with Gasteiger partial charge >= 0.3 is 0 Å². The number of benzene rings is 1. The first kappa shape index (κ1) is 11.9. The van der Waals surface area contributed by atoms with Crippen LogP contribution in [0.5, 0.6) is 0 Å². The summed E-state index contributed by atoms with van der Waals surface area (Å²) in [4.78, 5) is 2.32. The Morgan fingerprint density at radius 3 is 2.40 bits per heavy atom. The summed E-state index contributed by atoms with van der Waals surface area (Å²) in [6.07, 6.45) is 0. The van der Waals surface area contributed by atoms with Crippen molar-refractivity contribution in [1.82, 2.24) is 15.6 Å². The van der Waals surface area contributed by atoms with Crippen molar-refractivity contribution in [3.8, 4) is 0 Å². The third-order valence-corrected chi connectivity index (χ3v) is 3.15. The third kappa shape index (κ3) is 3.46. The van der Waals surface area contributed by atoms with Gasteiger partial charge in [-0.15, -0.1) is 4.83 Å². The molecule has 3 N–H and O–H groups in total. The predicted molar refractivity (Wildman–Crippen MR) is 61.6 cm³/mol. The van der Waals surface area contributed by atoms with Gasteiger partial charge in [0.1, 0.15) is 0 Å². The quantitative estimate of drug-likeness (QED) is 0.515. The molecule has 0 saturated heterocycles. The molecule has 0 unspecified atom stereocenters. The van der Waals surface area contributed by atoms with E-state index in [1.807, 2.05) is 0 Å². The van der Waals surface area contributed by atoms with Gasteiger partial charge < -0.3 is 5.32 Å². The average Bonchev–Trinajstić information content (AvgIpc) is 2.27. The maximum Gasteiger partial charge on any atom is 0.257 e. The number of sulfonamides is 1. The molecule has 0 aliphatic heterocycles. The van der Waals surface area contributed by atoms with Gasteiger partial charge in [0.2, 0.25) is 0 Å². The first-order valence-corrected chi connectivity index (χ1v) is 6.00. The van der Waals surface area contributed by atoms with Crippen LogP contribution in [0.2, 0.25) is 0 Å². The lowest BCUT2D eigenvalue weighted by Crippen LogP contribution is -2.45. The van der Waals surface area contributed by atoms with Crippen LogP contribution in [0, 0.1) is 0 Å². The highest BCUT2D eigenvalue weighted by molar-refractivity contribution is 7.89. The largest absolute Gasteiger partial charge is 0.365 e. The van der Waals surface area contributed by atoms with Crippen LogP contribution in [0.25, 0.3) is 0 Å². The molecule has 0 fully saturated rings. The molecule has 0 atom stereocenters. The van der Waals surface area contributed by atoms with Crippen LogP contribution in [-0.4, -0.2) is 20.6 Å². The summed E-state index contributed by atoms with van der Waals surface area (Å²) in [5, 5.41) is 2.79. The molecule has 0 aromatic heterocycles. The minimum Gasteiger partial charge on any atom is -0.365 e. The van der Waals surface area contributed by atoms with E-state index in [1.54, 1.807) is 25.2 Å². The molecule has 7 heteroatoms. The molecule has 0 saturated carbocycles. The topological polar surface area (TPSA) is 70.2 Å². The van der Waals surface area contributed by atoms with Crippen LogP contribution >= 0.6 is 12.2 Å². The fourth-order valence-electron chi connectivity index (χ4n) is 0.835. The van der Waals surface area contributed by atoms with Crippen molar-refractivity contribution in [2.75, 3.05) is 7.05 Å². The lowest BCUT2D eigenvalue weighted by Gasteiger charge is -2.09. The second-order valence-corrected chi connectivity index (χ2v) is 4.71. The molecule has 5 nitrogen and oxygen atoms in total. The van der Waals surface area contributed by atoms with Gasteiger partial charge in [0.15, 0.2) is 5.11 Å². The van der Waals surface area contributed by atoms with Crippen molar-refractivity contribution in [3.63, 3.8) is 0 Å². The summed E-state index contributed by atoms with van der Waals surface area (Å²) < 4.78 is 23.2. The first-order chi connectivity index (χ1) is 7.06. The number of hydrazine groups is 1. The second-order valence-electron chi connectivity index (χ2n) is 2.62. The number of hydrogen-bond acceptors (Lipinski definition) is 3. The minimum atomic E-state index is -3.55. The van der Waals surface area contributed by atoms with Crippen molar-refractivity contribution in [1.29, 1.82) is 0 Å². The van der Waals surface area contributed by atoms with Gasteiger partial charge in [-0.2, -0.15) is 0 Å². The van der Waals surface area contributed by atoms with Gasteiger partial charge in [-0.25, -0.2) is 8.42 Å². The molecule has 1 rings (SSSR count). The SMILES string of the molecule is CNC(=S)NNS(=O)(=O)c1ccccc1. The normalized spacial score (nSPS) is 10.7. The number of nitrogens with one attached hydrogen (secondary N) is 3. The monoisotopic (exact) mass is 245 g/mol. The minimum absolute atomic E-state index is 0.177. The number of hydrogen-bond donors (Lipinski definition) is 3. The fourth-order valence-corrected chi connectivity index (χ4v) is 1.82. The van der Waals surface area contributed by atoms with Crippen molar-refractivity contribution in [3.05, 3.63) is 30.3 Å². The molecule has 15 heavy (non-hydrogen) atoms. The van der Waals surface area contributed by atoms with Crippen LogP contribution < -0.4 is 15.6 Å². The molecule has 0 spiro atoms. The van der Waals surface area contributed by atoms with E-state index < -0.39 is 10.0 Å². The van der Waals surface area contributed by atoms with E-state index in [9.17, 15) is 8.42 Å². The maximum absolute atomic E-state index is 11.6. The Kier molecular flexibility index (Phi) is 4.01. The highest BCUT2D eigenvalue weighted by Crippen LogP contribution is 2.05. The van der Waals surface area contributed by atoms with Crippen LogP contribution in [0.1, 0.15) is 0 Å². The van der Waals surface area contributed by atoms with Crippen molar-refractivity contribution in [2.24, 2.45) is 0 Å². The molecule has 1 aromatic carbocycles. The Labute approximate surface area is 93.9 Å². The summed E-state index contributed by atoms with van der Waals surface area (Å²) in [6, 6.07) is 8.01. The van der Waals surface area contributed by atoms with E-state index in [-0.39, 0.29) is 10.0 Å². The molecule has 0 heterocycles. The maximum atomic E-state index is 11.6. The third-order valence-electron chi connectivity index (χ3n) is 1.58. The number of rotatable bonds is 3. The summed E-state index contributed by atoms with van der Waals surface area (Å²) >= 11 is 4.72. The van der Waals surface area contributed by atoms with Crippen molar-refractivity contribution >= 4 is 27.4 Å². The molecule has 0 bridgehead atoms. The Morgan fingerprint density at radius 1 is 1.27 bits per heavy atom. The van der Waals surface area contributed by atoms with E-state index >= 15 is 0 Å². The fraction of sp³-hybridized carbons (Fsp3) is 0.125. The van der Waals surface area contributed by atoms with Gasteiger partial charge in [-0.3, -0.25) is 5.43 Å². The molecular weight excluding hydrogens is 234 g/mol. The Hall–Kier alpha value is -1.18. The molecule has 0 aliphatic carbocycles. The lowest BCUT2D eigenvalue weighted by atomic mass is 10.4. The van der Waals surface area contributed by atoms with Crippen molar-refractivity contribution in [2.45, 2.75) is 4.90 Å². The molecule has 82 valence electrons. The molecule has 0 amide bonds. The van der Waals surface area contributed by atoms with Gasteiger partial charge in [-0.05, 0) is 24.4 Å². The van der Waals surface area contributed by atoms with Gasteiger partial charge in [-0.1, -0.05) is 18.2 Å². The molecule has 0 aliphatic rings. The zero-order valence-corrected chi connectivity index (χ0v) is 9.65. The highest BCUT2D eigenvalue weighted by Gasteiger charge is 2.12. The Balaban J connectivity index is 2.73. The Morgan fingerprint density at radius 2 is 1.87 bits per heavy atom. The second kappa shape index (κ2) is 5.06. The highest BCUT2D eigenvalue weighted by atomic mass is 32.2. The average molecular weight is 245 g/mol. The summed E-state index contributed by atoms with van der Waals surface area (Å²) in [7, 11) is -1.96. The van der Waals surface area contributed by atoms with Crippen molar-refractivity contribution < 1.29 is 8.42 Å². The zero-order valence-electron chi connectivity index (χ0n) is 8.02. The van der Waals surface area contributed by atoms with E-state index in [1.165, 1.54) is 12.1 Å². The van der Waals surface area contributed by atoms with Crippen LogP contribution in [-0.2, 0) is 10.0 Å². The summed E-state index contributed by atoms with van der Waals surface area (Å²) in [6.45, 7) is 0. The number of thiocarbonyl (C=S) groups is 1. The van der Waals surface area contributed by atoms with E-state index in [4.69, 9.17) is 12.2 Å². The smallest absolute Gasteiger partial charge is 0.257 e. The van der Waals surface area contributed by atoms with E-state index in [2.05, 4.69) is 15.6 Å². The van der Waals surface area contributed by atoms with E-state index in [0.29, 0.717) is 0 Å². The van der Waals surface area contributed by atoms with Gasteiger partial charge in [0, 0.05) is 7.05 Å². The molecular formula is C8H11N3O2S2. The standard InChI is InChI=1S/C8H11N3O2S2/c1-9-8(14)10-11-15(12,13)7-5-3-2-4-6-7/h2-6,11H,1H3,(H2,9,10,14). The first-order valence-electron chi connectivity index (χ1n) is 4.11. The van der Waals surface area contributed by atoms with E-state index in [0.717, 1.165) is 0 Å². The molecule has 1 aromatic rings. The predicted octanol–water partition coefficient (Wildman–Crippen LogP) is -0.0262. The zero-order chi connectivity index (χ0) is 11.3. The van der Waals surface area contributed by atoms with Crippen LogP contribution in [0.3, 0.4) is 0 Å². The van der Waals surface area contributed by atoms with Crippen LogP contribution in [0.15, 0.2) is 35.2 Å². The van der Waals surface area contributed by atoms with Crippen LogP contribution in [0.4, 0.5) is 0 Å². The van der Waals surface area contributed by atoms with Gasteiger partial charge in [0.25, 0.3) is 10.0 Å². The summed E-state index contributed by atoms with van der Waals surface area (Å²) in [5.74, 6) is 0. The lowest BCUT2D eigenvalue weighted by molar-refractivity contribution is 0.577. The Bertz CT molecular complexity index is 430. The summed E-state index contributed by atoms with van der Waals surface area (Å²) in [5.41, 5.74) is 2.35.